The zero-order chi connectivity index (χ0) is 22.9. The van der Waals surface area contributed by atoms with Crippen LogP contribution in [0.2, 0.25) is 0 Å². The number of rotatable bonds is 4. The number of nitrogens with one attached hydrogen (secondary N) is 1. The van der Waals surface area contributed by atoms with Crippen LogP contribution in [0.4, 0.5) is 11.6 Å². The minimum absolute atomic E-state index is 0.0982. The molecule has 2 aromatic heterocycles. The lowest BCUT2D eigenvalue weighted by molar-refractivity contribution is 0.0460. The summed E-state index contributed by atoms with van der Waals surface area (Å²) in [6.07, 6.45) is 7.24. The van der Waals surface area contributed by atoms with Gasteiger partial charge in [-0.15, -0.1) is 0 Å². The molecule has 2 atom stereocenters. The fourth-order valence-corrected chi connectivity index (χ4v) is 5.11. The van der Waals surface area contributed by atoms with Gasteiger partial charge in [0.25, 0.3) is 5.91 Å². The Morgan fingerprint density at radius 1 is 1.09 bits per heavy atom. The molecule has 1 saturated heterocycles. The topological polar surface area (TPSA) is 74.2 Å². The Morgan fingerprint density at radius 2 is 1.85 bits per heavy atom. The predicted octanol–water partition coefficient (Wildman–Crippen LogP) is 4.24. The number of aromatic nitrogens is 3. The molecule has 2 aliphatic rings. The number of carbonyl (C=O) groups excluding carboxylic acids is 1. The number of carbonyl (C=O) groups is 1. The Kier molecular flexibility index (Phi) is 5.81. The second-order valence-corrected chi connectivity index (χ2v) is 9.33. The molecule has 0 aliphatic carbocycles. The van der Waals surface area contributed by atoms with Crippen LogP contribution in [0.25, 0.3) is 0 Å². The Hall–Kier alpha value is -3.32. The molecule has 0 spiro atoms. The van der Waals surface area contributed by atoms with Crippen LogP contribution in [0.1, 0.15) is 52.5 Å². The van der Waals surface area contributed by atoms with Crippen molar-refractivity contribution in [3.63, 3.8) is 0 Å². The zero-order valence-electron chi connectivity index (χ0n) is 19.5. The highest BCUT2D eigenvalue weighted by Gasteiger charge is 2.35. The van der Waals surface area contributed by atoms with Crippen LogP contribution in [0.3, 0.4) is 0 Å². The van der Waals surface area contributed by atoms with Crippen LogP contribution in [0.15, 0.2) is 48.9 Å². The van der Waals surface area contributed by atoms with E-state index in [0.29, 0.717) is 17.6 Å². The Bertz CT molecular complexity index is 1140. The fourth-order valence-electron chi connectivity index (χ4n) is 5.11. The third-order valence-corrected chi connectivity index (χ3v) is 6.71. The number of piperidine rings is 1. The Balaban J connectivity index is 1.23. The largest absolute Gasteiger partial charge is 0.336 e. The van der Waals surface area contributed by atoms with Crippen LogP contribution >= 0.6 is 0 Å². The molecule has 1 amide bonds. The summed E-state index contributed by atoms with van der Waals surface area (Å²) in [5, 5.41) is 3.36. The summed E-state index contributed by atoms with van der Waals surface area (Å²) >= 11 is 0. The van der Waals surface area contributed by atoms with Gasteiger partial charge in [0.05, 0.1) is 5.69 Å². The van der Waals surface area contributed by atoms with Crippen molar-refractivity contribution in [1.82, 2.24) is 24.8 Å². The first kappa shape index (κ1) is 21.5. The van der Waals surface area contributed by atoms with Gasteiger partial charge in [-0.1, -0.05) is 6.07 Å². The lowest BCUT2D eigenvalue weighted by atomic mass is 9.96. The smallest absolute Gasteiger partial charge is 0.254 e. The van der Waals surface area contributed by atoms with Gasteiger partial charge in [-0.2, -0.15) is 0 Å². The van der Waals surface area contributed by atoms with E-state index in [2.05, 4.69) is 59.2 Å². The molecule has 2 aliphatic heterocycles. The number of amides is 1. The number of benzene rings is 1. The molecule has 3 aromatic rings. The number of hydrogen-bond donors (Lipinski definition) is 1. The first-order valence-corrected chi connectivity index (χ1v) is 11.6. The van der Waals surface area contributed by atoms with E-state index in [-0.39, 0.29) is 11.9 Å². The predicted molar refractivity (Wildman–Crippen MR) is 128 cm³/mol. The van der Waals surface area contributed by atoms with Crippen molar-refractivity contribution in [3.05, 3.63) is 76.9 Å². The second kappa shape index (κ2) is 8.90. The monoisotopic (exact) mass is 442 g/mol. The average molecular weight is 443 g/mol. The summed E-state index contributed by atoms with van der Waals surface area (Å²) in [5.74, 6) is 0.743. The quantitative estimate of drug-likeness (QED) is 0.651. The molecule has 0 saturated carbocycles. The molecule has 1 aromatic carbocycles. The summed E-state index contributed by atoms with van der Waals surface area (Å²) in [4.78, 5) is 30.8. The molecule has 7 nitrogen and oxygen atoms in total. The second-order valence-electron chi connectivity index (χ2n) is 9.33. The molecule has 33 heavy (non-hydrogen) atoms. The van der Waals surface area contributed by atoms with E-state index >= 15 is 0 Å². The van der Waals surface area contributed by atoms with Gasteiger partial charge in [0.15, 0.2) is 0 Å². The average Bonchev–Trinajstić information content (AvgIpc) is 3.22. The van der Waals surface area contributed by atoms with Gasteiger partial charge in [0.1, 0.15) is 0 Å². The number of aryl methyl sites for hydroxylation is 2. The number of hydrogen-bond acceptors (Lipinski definition) is 6. The van der Waals surface area contributed by atoms with Crippen molar-refractivity contribution in [1.29, 1.82) is 0 Å². The normalized spacial score (nSPS) is 20.5. The summed E-state index contributed by atoms with van der Waals surface area (Å²) in [6.45, 7) is 8.81. The lowest BCUT2D eigenvalue weighted by Crippen LogP contribution is -2.50. The first-order valence-electron chi connectivity index (χ1n) is 11.6. The van der Waals surface area contributed by atoms with E-state index in [4.69, 9.17) is 4.98 Å². The SMILES string of the molecule is Cc1cc(C)cc(Nc2ncc3c(n2)CN([C@@H]2CCN(C(=O)c4ccncc4)[C@H](C)C2)C3)c1. The lowest BCUT2D eigenvalue weighted by Gasteiger charge is -2.41. The van der Waals surface area contributed by atoms with Gasteiger partial charge < -0.3 is 10.2 Å². The molecular weight excluding hydrogens is 412 g/mol. The third kappa shape index (κ3) is 4.59. The molecule has 1 fully saturated rings. The number of anilines is 2. The van der Waals surface area contributed by atoms with Gasteiger partial charge in [-0.3, -0.25) is 14.7 Å². The van der Waals surface area contributed by atoms with E-state index in [1.807, 2.05) is 11.1 Å². The first-order chi connectivity index (χ1) is 16.0. The van der Waals surface area contributed by atoms with Crippen LogP contribution < -0.4 is 5.32 Å². The Morgan fingerprint density at radius 3 is 2.58 bits per heavy atom. The van der Waals surface area contributed by atoms with Gasteiger partial charge in [0, 0.05) is 67.1 Å². The van der Waals surface area contributed by atoms with Crippen molar-refractivity contribution in [2.45, 2.75) is 58.8 Å². The molecule has 1 N–H and O–H groups in total. The summed E-state index contributed by atoms with van der Waals surface area (Å²) < 4.78 is 0. The van der Waals surface area contributed by atoms with Crippen molar-refractivity contribution in [2.75, 3.05) is 11.9 Å². The van der Waals surface area contributed by atoms with Gasteiger partial charge >= 0.3 is 0 Å². The summed E-state index contributed by atoms with van der Waals surface area (Å²) in [5.41, 5.74) is 6.45. The molecule has 5 rings (SSSR count). The van der Waals surface area contributed by atoms with Crippen LogP contribution in [-0.2, 0) is 13.1 Å². The zero-order valence-corrected chi connectivity index (χ0v) is 19.5. The maximum atomic E-state index is 12.9. The van der Waals surface area contributed by atoms with Gasteiger partial charge in [0.2, 0.25) is 5.95 Å². The van der Waals surface area contributed by atoms with Gasteiger partial charge in [-0.05, 0) is 69.0 Å². The minimum Gasteiger partial charge on any atom is -0.336 e. The van der Waals surface area contributed by atoms with Crippen molar-refractivity contribution < 1.29 is 4.79 Å². The molecule has 170 valence electrons. The van der Waals surface area contributed by atoms with E-state index in [1.165, 1.54) is 16.7 Å². The molecule has 7 heteroatoms. The minimum atomic E-state index is 0.0982. The van der Waals surface area contributed by atoms with E-state index in [0.717, 1.165) is 43.9 Å². The number of pyridine rings is 1. The molecule has 4 heterocycles. The highest BCUT2D eigenvalue weighted by Crippen LogP contribution is 2.30. The number of likely N-dealkylation sites (tertiary alicyclic amines) is 1. The highest BCUT2D eigenvalue weighted by atomic mass is 16.2. The summed E-state index contributed by atoms with van der Waals surface area (Å²) in [6, 6.07) is 10.6. The maximum Gasteiger partial charge on any atom is 0.254 e. The number of fused-ring (bicyclic) bond motifs is 1. The van der Waals surface area contributed by atoms with Crippen molar-refractivity contribution >= 4 is 17.5 Å². The van der Waals surface area contributed by atoms with Crippen LogP contribution in [0, 0.1) is 13.8 Å². The molecule has 0 bridgehead atoms. The molecule has 0 unspecified atom stereocenters. The van der Waals surface area contributed by atoms with E-state index in [1.54, 1.807) is 24.5 Å². The highest BCUT2D eigenvalue weighted by molar-refractivity contribution is 5.94. The van der Waals surface area contributed by atoms with E-state index < -0.39 is 0 Å². The molecular formula is C26H30N6O. The number of nitrogens with zero attached hydrogens (tertiary/aromatic N) is 5. The van der Waals surface area contributed by atoms with Crippen molar-refractivity contribution in [3.8, 4) is 0 Å². The fraction of sp³-hybridized carbons (Fsp3) is 0.385. The standard InChI is InChI=1S/C26H30N6O/c1-17-10-18(2)12-22(11-17)29-26-28-14-21-15-31(16-24(21)30-26)23-6-9-32(19(3)13-23)25(33)20-4-7-27-8-5-20/h4-5,7-8,10-12,14,19,23H,6,9,13,15-16H2,1-3H3,(H,28,29,30)/t19-,23-/m1/s1. The summed E-state index contributed by atoms with van der Waals surface area (Å²) in [7, 11) is 0. The van der Waals surface area contributed by atoms with Crippen molar-refractivity contribution in [2.24, 2.45) is 0 Å². The van der Waals surface area contributed by atoms with Crippen LogP contribution in [-0.4, -0.2) is 49.3 Å². The molecule has 0 radical (unpaired) electrons. The van der Waals surface area contributed by atoms with Gasteiger partial charge in [-0.25, -0.2) is 9.97 Å². The van der Waals surface area contributed by atoms with Crippen LogP contribution in [0.5, 0.6) is 0 Å². The van der Waals surface area contributed by atoms with E-state index in [9.17, 15) is 4.79 Å². The Labute approximate surface area is 194 Å². The maximum absolute atomic E-state index is 12.9. The third-order valence-electron chi connectivity index (χ3n) is 6.71.